The number of fused-ring (bicyclic) bond motifs is 9. The minimum atomic E-state index is -0.243. The average molecular weight is 638 g/mol. The van der Waals surface area contributed by atoms with E-state index >= 15 is 0 Å². The second-order valence-corrected chi connectivity index (χ2v) is 15.8. The van der Waals surface area contributed by atoms with Gasteiger partial charge in [0.15, 0.2) is 0 Å². The minimum absolute atomic E-state index is 0.0937. The van der Waals surface area contributed by atoms with Crippen molar-refractivity contribution in [1.29, 1.82) is 0 Å². The molecule has 9 rings (SSSR count). The Balaban J connectivity index is 1.16. The van der Waals surface area contributed by atoms with Crippen LogP contribution < -0.4 is 11.3 Å². The third-order valence-corrected chi connectivity index (χ3v) is 12.0. The van der Waals surface area contributed by atoms with Gasteiger partial charge in [-0.05, 0) is 90.0 Å². The Morgan fingerprint density at radius 1 is 0.429 bits per heavy atom. The molecule has 0 aliphatic heterocycles. The smallest absolute Gasteiger partial charge is 0.0947 e. The van der Waals surface area contributed by atoms with Crippen molar-refractivity contribution in [2.24, 2.45) is 5.84 Å². The maximum Gasteiger partial charge on any atom is 0.0947 e. The number of rotatable bonds is 5. The summed E-state index contributed by atoms with van der Waals surface area (Å²) in [6.07, 6.45) is 0. The Morgan fingerprint density at radius 2 is 0.776 bits per heavy atom. The van der Waals surface area contributed by atoms with Crippen LogP contribution in [0.2, 0.25) is 0 Å². The highest BCUT2D eigenvalue weighted by atomic mass is 15.7. The number of hydrogen-bond donors (Lipinski definition) is 2. The van der Waals surface area contributed by atoms with Gasteiger partial charge in [0.25, 0.3) is 0 Å². The van der Waals surface area contributed by atoms with Gasteiger partial charge in [-0.15, -0.1) is 5.12 Å². The van der Waals surface area contributed by atoms with Gasteiger partial charge >= 0.3 is 0 Å². The molecular formula is C46H43N3. The topological polar surface area (TPSA) is 41.3 Å². The van der Waals surface area contributed by atoms with Crippen LogP contribution in [-0.4, -0.2) is 5.12 Å². The van der Waals surface area contributed by atoms with Crippen LogP contribution in [0.5, 0.6) is 0 Å². The van der Waals surface area contributed by atoms with Crippen LogP contribution in [0.3, 0.4) is 0 Å². The molecule has 0 aromatic heterocycles. The van der Waals surface area contributed by atoms with Crippen LogP contribution >= 0.6 is 0 Å². The van der Waals surface area contributed by atoms with Crippen molar-refractivity contribution < 1.29 is 0 Å². The van der Waals surface area contributed by atoms with Crippen molar-refractivity contribution >= 4 is 5.69 Å². The maximum absolute atomic E-state index is 7.23. The first-order valence-electron chi connectivity index (χ1n) is 17.5. The van der Waals surface area contributed by atoms with Gasteiger partial charge in [0.2, 0.25) is 0 Å². The zero-order valence-electron chi connectivity index (χ0n) is 29.2. The van der Waals surface area contributed by atoms with Gasteiger partial charge in [0.1, 0.15) is 0 Å². The van der Waals surface area contributed by atoms with E-state index in [1.807, 2.05) is 5.12 Å². The fourth-order valence-electron chi connectivity index (χ4n) is 9.29. The van der Waals surface area contributed by atoms with Gasteiger partial charge in [-0.3, -0.25) is 0 Å². The predicted octanol–water partition coefficient (Wildman–Crippen LogP) is 10.9. The third kappa shape index (κ3) is 4.22. The molecule has 242 valence electrons. The summed E-state index contributed by atoms with van der Waals surface area (Å²) in [7, 11) is 0. The number of nitrogens with two attached hydrogens (primary N) is 1. The fraction of sp³-hybridized carbons (Fsp3) is 0.217. The Labute approximate surface area is 290 Å². The zero-order valence-corrected chi connectivity index (χ0v) is 29.2. The summed E-state index contributed by atoms with van der Waals surface area (Å²) in [6.45, 7) is 14.0. The second-order valence-electron chi connectivity index (χ2n) is 15.8. The van der Waals surface area contributed by atoms with E-state index in [0.29, 0.717) is 0 Å². The number of nitrogens with one attached hydrogen (secondary N) is 1. The number of hydrogen-bond acceptors (Lipinski definition) is 3. The van der Waals surface area contributed by atoms with Crippen LogP contribution in [0.4, 0.5) is 5.69 Å². The van der Waals surface area contributed by atoms with Crippen molar-refractivity contribution in [2.45, 2.75) is 63.8 Å². The molecule has 3 N–H and O–H groups in total. The fourth-order valence-corrected chi connectivity index (χ4v) is 9.29. The van der Waals surface area contributed by atoms with Gasteiger partial charge in [-0.2, -0.15) is 0 Å². The largest absolute Gasteiger partial charge is 0.305 e. The third-order valence-electron chi connectivity index (χ3n) is 12.0. The highest BCUT2D eigenvalue weighted by Crippen LogP contribution is 2.52. The van der Waals surface area contributed by atoms with Crippen molar-refractivity contribution in [1.82, 2.24) is 5.12 Å². The summed E-state index contributed by atoms with van der Waals surface area (Å²) in [5.41, 5.74) is 22.7. The van der Waals surface area contributed by atoms with Gasteiger partial charge in [-0.25, -0.2) is 5.84 Å². The monoisotopic (exact) mass is 637 g/mol. The second kappa shape index (κ2) is 10.3. The van der Waals surface area contributed by atoms with E-state index in [9.17, 15) is 0 Å². The molecule has 0 bridgehead atoms. The Kier molecular flexibility index (Phi) is 6.32. The van der Waals surface area contributed by atoms with Gasteiger partial charge in [-0.1, -0.05) is 157 Å². The molecule has 3 nitrogen and oxygen atoms in total. The van der Waals surface area contributed by atoms with Crippen molar-refractivity contribution in [2.75, 3.05) is 5.43 Å². The summed E-state index contributed by atoms with van der Waals surface area (Å²) in [5, 5.41) is 1.82. The highest BCUT2D eigenvalue weighted by Gasteiger charge is 2.39. The van der Waals surface area contributed by atoms with E-state index in [1.54, 1.807) is 0 Å². The van der Waals surface area contributed by atoms with Crippen LogP contribution in [-0.2, 0) is 16.2 Å². The lowest BCUT2D eigenvalue weighted by Crippen LogP contribution is -2.41. The van der Waals surface area contributed by atoms with Crippen LogP contribution in [0.25, 0.3) is 33.4 Å². The molecule has 0 radical (unpaired) electrons. The molecule has 0 unspecified atom stereocenters. The first kappa shape index (κ1) is 30.1. The van der Waals surface area contributed by atoms with E-state index in [-0.39, 0.29) is 22.3 Å². The minimum Gasteiger partial charge on any atom is -0.305 e. The Hall–Kier alpha value is -4.96. The van der Waals surface area contributed by atoms with Gasteiger partial charge in [0.05, 0.1) is 11.7 Å². The lowest BCUT2D eigenvalue weighted by atomic mass is 9.80. The number of anilines is 1. The average Bonchev–Trinajstić information content (AvgIpc) is 3.58. The van der Waals surface area contributed by atoms with Crippen molar-refractivity contribution in [3.63, 3.8) is 0 Å². The van der Waals surface area contributed by atoms with Gasteiger partial charge in [0, 0.05) is 16.2 Å². The van der Waals surface area contributed by atoms with E-state index < -0.39 is 0 Å². The summed E-state index contributed by atoms with van der Waals surface area (Å²) in [5.74, 6) is 7.23. The normalized spacial score (nSPS) is 16.5. The number of hydrazine groups is 2. The molecule has 3 heteroatoms. The van der Waals surface area contributed by atoms with E-state index in [2.05, 4.69) is 174 Å². The Morgan fingerprint density at radius 3 is 1.20 bits per heavy atom. The summed E-state index contributed by atoms with van der Waals surface area (Å²) >= 11 is 0. The molecule has 0 amide bonds. The first-order chi connectivity index (χ1) is 23.5. The van der Waals surface area contributed by atoms with Crippen LogP contribution in [0, 0.1) is 0 Å². The maximum atomic E-state index is 7.23. The first-order valence-corrected chi connectivity index (χ1v) is 17.5. The molecule has 49 heavy (non-hydrogen) atoms. The summed E-state index contributed by atoms with van der Waals surface area (Å²) in [4.78, 5) is 0. The van der Waals surface area contributed by atoms with E-state index in [4.69, 9.17) is 5.84 Å². The lowest BCUT2D eigenvalue weighted by Gasteiger charge is -2.32. The molecule has 0 fully saturated rings. The Bertz CT molecular complexity index is 2220. The molecule has 0 saturated heterocycles. The highest BCUT2D eigenvalue weighted by molar-refractivity contribution is 5.84. The molecule has 0 saturated carbocycles. The lowest BCUT2D eigenvalue weighted by molar-refractivity contribution is 0.284. The zero-order chi connectivity index (χ0) is 33.9. The predicted molar refractivity (Wildman–Crippen MR) is 204 cm³/mol. The van der Waals surface area contributed by atoms with Crippen molar-refractivity contribution in [3.05, 3.63) is 172 Å². The molecular weight excluding hydrogens is 595 g/mol. The molecule has 6 aromatic rings. The molecule has 0 atom stereocenters. The van der Waals surface area contributed by atoms with Crippen LogP contribution in [0.15, 0.2) is 127 Å². The van der Waals surface area contributed by atoms with Crippen molar-refractivity contribution in [3.8, 4) is 33.4 Å². The molecule has 3 aliphatic carbocycles. The molecule has 6 aromatic carbocycles. The standard InChI is InChI=1S/C46H43N3/c1-44(2)37-16-10-7-13-31(37)34-22-19-28(25-40(34)44)43(29-20-23-35-32-14-8-11-17-38(32)45(3,4)41(35)26-29)49(47)48-30-21-24-36-33-15-9-12-18-39(33)46(5,6)42(36)27-30/h7-27,43,48H,47H2,1-6H3. The van der Waals surface area contributed by atoms with Crippen LogP contribution in [0.1, 0.15) is 92.1 Å². The molecule has 0 spiro atoms. The molecule has 3 aliphatic rings. The summed E-state index contributed by atoms with van der Waals surface area (Å²) < 4.78 is 0. The number of nitrogens with zero attached hydrogens (tertiary/aromatic N) is 1. The number of benzene rings is 6. The van der Waals surface area contributed by atoms with Gasteiger partial charge < -0.3 is 5.43 Å². The quantitative estimate of drug-likeness (QED) is 0.146. The van der Waals surface area contributed by atoms with E-state index in [1.165, 1.54) is 66.8 Å². The summed E-state index contributed by atoms with van der Waals surface area (Å²) in [6, 6.07) is 46.9. The SMILES string of the molecule is CC1(C)c2ccccc2-c2ccc(NN(N)C(c3ccc4c(c3)C(C)(C)c3ccccc3-4)c3ccc4c(c3)C(C)(C)c3ccccc3-4)cc21. The molecule has 0 heterocycles. The van der Waals surface area contributed by atoms with E-state index in [0.717, 1.165) is 16.8 Å².